The molecule has 0 bridgehead atoms. The molecule has 1 aromatic rings. The Hall–Kier alpha value is -0.780. The molecule has 96 valence electrons. The first-order chi connectivity index (χ1) is 8.08. The standard InChI is InChI=1S/C12H18BrNO3/c1-7-9(6-14-17-5)12(16-4)11(15-3)8(2)10(7)13/h14H,6H2,1-5H3. The molecule has 4 nitrogen and oxygen atoms in total. The number of benzene rings is 1. The summed E-state index contributed by atoms with van der Waals surface area (Å²) in [6, 6.07) is 0. The number of halogens is 1. The molecule has 1 rings (SSSR count). The Kier molecular flexibility index (Phi) is 5.24. The third kappa shape index (κ3) is 2.73. The minimum absolute atomic E-state index is 0.556. The molecule has 5 heteroatoms. The Morgan fingerprint density at radius 3 is 2.06 bits per heavy atom. The van der Waals surface area contributed by atoms with Crippen LogP contribution in [0.25, 0.3) is 0 Å². The van der Waals surface area contributed by atoms with Crippen molar-refractivity contribution in [1.82, 2.24) is 5.48 Å². The fourth-order valence-corrected chi connectivity index (χ4v) is 2.23. The fraction of sp³-hybridized carbons (Fsp3) is 0.500. The van der Waals surface area contributed by atoms with E-state index in [0.29, 0.717) is 6.54 Å². The Morgan fingerprint density at radius 2 is 1.59 bits per heavy atom. The second kappa shape index (κ2) is 6.23. The van der Waals surface area contributed by atoms with Crippen molar-refractivity contribution in [2.45, 2.75) is 20.4 Å². The van der Waals surface area contributed by atoms with E-state index in [9.17, 15) is 0 Å². The molecule has 0 saturated carbocycles. The lowest BCUT2D eigenvalue weighted by Crippen LogP contribution is -2.14. The van der Waals surface area contributed by atoms with Gasteiger partial charge >= 0.3 is 0 Å². The van der Waals surface area contributed by atoms with Gasteiger partial charge in [0.15, 0.2) is 11.5 Å². The molecule has 1 aromatic carbocycles. The first kappa shape index (κ1) is 14.3. The maximum absolute atomic E-state index is 5.44. The monoisotopic (exact) mass is 303 g/mol. The van der Waals surface area contributed by atoms with E-state index in [2.05, 4.69) is 21.4 Å². The van der Waals surface area contributed by atoms with Crippen molar-refractivity contribution < 1.29 is 14.3 Å². The van der Waals surface area contributed by atoms with Gasteiger partial charge in [-0.05, 0) is 19.4 Å². The van der Waals surface area contributed by atoms with Crippen molar-refractivity contribution >= 4 is 15.9 Å². The van der Waals surface area contributed by atoms with Gasteiger partial charge in [0.25, 0.3) is 0 Å². The average molecular weight is 304 g/mol. The average Bonchev–Trinajstić information content (AvgIpc) is 2.34. The van der Waals surface area contributed by atoms with Crippen LogP contribution < -0.4 is 15.0 Å². The van der Waals surface area contributed by atoms with Crippen LogP contribution in [0.5, 0.6) is 11.5 Å². The van der Waals surface area contributed by atoms with Crippen LogP contribution in [0.4, 0.5) is 0 Å². The molecule has 0 aliphatic heterocycles. The molecular weight excluding hydrogens is 286 g/mol. The molecule has 0 spiro atoms. The Labute approximate surface area is 110 Å². The van der Waals surface area contributed by atoms with Crippen LogP contribution in [0.1, 0.15) is 16.7 Å². The third-order valence-electron chi connectivity index (χ3n) is 2.73. The molecule has 0 saturated heterocycles. The SMILES string of the molecule is CONCc1c(C)c(Br)c(C)c(OC)c1OC. The first-order valence-electron chi connectivity index (χ1n) is 5.23. The predicted octanol–water partition coefficient (Wildman–Crippen LogP) is 2.73. The van der Waals surface area contributed by atoms with Crippen molar-refractivity contribution in [1.29, 1.82) is 0 Å². The van der Waals surface area contributed by atoms with Crippen molar-refractivity contribution in [3.63, 3.8) is 0 Å². The zero-order valence-corrected chi connectivity index (χ0v) is 12.4. The number of rotatable bonds is 5. The van der Waals surface area contributed by atoms with Crippen LogP contribution in [0, 0.1) is 13.8 Å². The molecule has 0 aliphatic rings. The van der Waals surface area contributed by atoms with Gasteiger partial charge in [-0.1, -0.05) is 15.9 Å². The maximum Gasteiger partial charge on any atom is 0.165 e. The van der Waals surface area contributed by atoms with E-state index in [-0.39, 0.29) is 0 Å². The highest BCUT2D eigenvalue weighted by molar-refractivity contribution is 9.10. The molecule has 0 heterocycles. The number of hydroxylamine groups is 1. The smallest absolute Gasteiger partial charge is 0.165 e. The molecule has 0 atom stereocenters. The second-order valence-electron chi connectivity index (χ2n) is 3.63. The lowest BCUT2D eigenvalue weighted by Gasteiger charge is -2.19. The van der Waals surface area contributed by atoms with Gasteiger partial charge in [-0.2, -0.15) is 5.48 Å². The number of hydrogen-bond acceptors (Lipinski definition) is 4. The molecule has 0 aromatic heterocycles. The summed E-state index contributed by atoms with van der Waals surface area (Å²) >= 11 is 3.57. The lowest BCUT2D eigenvalue weighted by atomic mass is 10.0. The lowest BCUT2D eigenvalue weighted by molar-refractivity contribution is 0.0858. The molecule has 0 unspecified atom stereocenters. The topological polar surface area (TPSA) is 39.7 Å². The van der Waals surface area contributed by atoms with E-state index >= 15 is 0 Å². The number of methoxy groups -OCH3 is 2. The largest absolute Gasteiger partial charge is 0.493 e. The van der Waals surface area contributed by atoms with E-state index < -0.39 is 0 Å². The zero-order valence-electron chi connectivity index (χ0n) is 10.8. The van der Waals surface area contributed by atoms with Crippen molar-refractivity contribution in [3.05, 3.63) is 21.2 Å². The second-order valence-corrected chi connectivity index (χ2v) is 4.43. The molecule has 0 fully saturated rings. The minimum atomic E-state index is 0.556. The fourth-order valence-electron chi connectivity index (χ4n) is 1.81. The van der Waals surface area contributed by atoms with Crippen LogP contribution in [0.15, 0.2) is 4.47 Å². The van der Waals surface area contributed by atoms with E-state index in [1.165, 1.54) is 0 Å². The summed E-state index contributed by atoms with van der Waals surface area (Å²) in [5, 5.41) is 0. The van der Waals surface area contributed by atoms with E-state index in [1.807, 2.05) is 13.8 Å². The highest BCUT2D eigenvalue weighted by Crippen LogP contribution is 2.41. The Morgan fingerprint density at radius 1 is 1.00 bits per heavy atom. The summed E-state index contributed by atoms with van der Waals surface area (Å²) < 4.78 is 11.9. The highest BCUT2D eigenvalue weighted by atomic mass is 79.9. The molecule has 0 radical (unpaired) electrons. The van der Waals surface area contributed by atoms with Gasteiger partial charge in [0.05, 0.1) is 27.9 Å². The summed E-state index contributed by atoms with van der Waals surface area (Å²) in [7, 11) is 4.86. The quantitative estimate of drug-likeness (QED) is 0.849. The normalized spacial score (nSPS) is 10.5. The van der Waals surface area contributed by atoms with Crippen LogP contribution in [0.2, 0.25) is 0 Å². The van der Waals surface area contributed by atoms with Gasteiger partial charge < -0.3 is 14.3 Å². The molecule has 0 aliphatic carbocycles. The van der Waals surface area contributed by atoms with Gasteiger partial charge in [-0.3, -0.25) is 0 Å². The summed E-state index contributed by atoms with van der Waals surface area (Å²) in [4.78, 5) is 4.88. The summed E-state index contributed by atoms with van der Waals surface area (Å²) in [5.41, 5.74) is 5.99. The first-order valence-corrected chi connectivity index (χ1v) is 6.03. The van der Waals surface area contributed by atoms with E-state index in [1.54, 1.807) is 21.3 Å². The number of nitrogens with one attached hydrogen (secondary N) is 1. The molecule has 17 heavy (non-hydrogen) atoms. The van der Waals surface area contributed by atoms with Crippen molar-refractivity contribution in [2.24, 2.45) is 0 Å². The number of hydrogen-bond donors (Lipinski definition) is 1. The summed E-state index contributed by atoms with van der Waals surface area (Å²) in [6.45, 7) is 4.58. The van der Waals surface area contributed by atoms with Gasteiger partial charge in [-0.15, -0.1) is 0 Å². The van der Waals surface area contributed by atoms with E-state index in [4.69, 9.17) is 14.3 Å². The summed E-state index contributed by atoms with van der Waals surface area (Å²) in [6.07, 6.45) is 0. The number of ether oxygens (including phenoxy) is 2. The Balaban J connectivity index is 3.39. The van der Waals surface area contributed by atoms with Crippen LogP contribution in [-0.2, 0) is 11.4 Å². The zero-order chi connectivity index (χ0) is 13.0. The molecule has 0 amide bonds. The summed E-state index contributed by atoms with van der Waals surface area (Å²) in [5.74, 6) is 1.49. The van der Waals surface area contributed by atoms with Crippen LogP contribution in [0.3, 0.4) is 0 Å². The van der Waals surface area contributed by atoms with E-state index in [0.717, 1.165) is 32.7 Å². The minimum Gasteiger partial charge on any atom is -0.493 e. The predicted molar refractivity (Wildman–Crippen MR) is 70.6 cm³/mol. The van der Waals surface area contributed by atoms with Gasteiger partial charge in [0.1, 0.15) is 0 Å². The van der Waals surface area contributed by atoms with Crippen molar-refractivity contribution in [2.75, 3.05) is 21.3 Å². The molecular formula is C12H18BrNO3. The molecule has 1 N–H and O–H groups in total. The van der Waals surface area contributed by atoms with Gasteiger partial charge in [0.2, 0.25) is 0 Å². The maximum atomic E-state index is 5.44. The highest BCUT2D eigenvalue weighted by Gasteiger charge is 2.19. The van der Waals surface area contributed by atoms with Crippen LogP contribution >= 0.6 is 15.9 Å². The van der Waals surface area contributed by atoms with Gasteiger partial charge in [0, 0.05) is 15.6 Å². The van der Waals surface area contributed by atoms with Crippen LogP contribution in [-0.4, -0.2) is 21.3 Å². The van der Waals surface area contributed by atoms with Crippen molar-refractivity contribution in [3.8, 4) is 11.5 Å². The Bertz CT molecular complexity index is 407. The van der Waals surface area contributed by atoms with Gasteiger partial charge in [-0.25, -0.2) is 0 Å². The third-order valence-corrected chi connectivity index (χ3v) is 3.92.